The van der Waals surface area contributed by atoms with Gasteiger partial charge >= 0.3 is 0 Å². The van der Waals surface area contributed by atoms with Gasteiger partial charge in [-0.15, -0.1) is 0 Å². The van der Waals surface area contributed by atoms with Crippen molar-refractivity contribution in [1.82, 2.24) is 0 Å². The molecule has 1 rings (SSSR count). The van der Waals surface area contributed by atoms with E-state index in [1.54, 1.807) is 13.2 Å². The average Bonchev–Trinajstić information content (AvgIpc) is 2.28. The monoisotopic (exact) mass is 257 g/mol. The lowest BCUT2D eigenvalue weighted by molar-refractivity contribution is 0.250. The van der Waals surface area contributed by atoms with E-state index in [9.17, 15) is 0 Å². The van der Waals surface area contributed by atoms with Gasteiger partial charge in [0.05, 0.1) is 12.8 Å². The van der Waals surface area contributed by atoms with Gasteiger partial charge in [0, 0.05) is 24.2 Å². The molecule has 3 nitrogen and oxygen atoms in total. The molecule has 0 heterocycles. The zero-order valence-corrected chi connectivity index (χ0v) is 11.6. The van der Waals surface area contributed by atoms with Gasteiger partial charge in [-0.3, -0.25) is 0 Å². The van der Waals surface area contributed by atoms with Gasteiger partial charge in [0.15, 0.2) is 0 Å². The summed E-state index contributed by atoms with van der Waals surface area (Å²) in [4.78, 5) is 2.08. The van der Waals surface area contributed by atoms with Crippen LogP contribution < -0.4 is 9.64 Å². The van der Waals surface area contributed by atoms with Crippen LogP contribution >= 0.6 is 11.6 Å². The third-order valence-electron chi connectivity index (χ3n) is 3.13. The Morgan fingerprint density at radius 2 is 2.06 bits per heavy atom. The molecule has 1 aromatic carbocycles. The van der Waals surface area contributed by atoms with Crippen molar-refractivity contribution in [3.05, 3.63) is 23.2 Å². The molecular formula is C13H20ClNO2. The number of rotatable bonds is 5. The van der Waals surface area contributed by atoms with Crippen LogP contribution in [0.25, 0.3) is 0 Å². The van der Waals surface area contributed by atoms with E-state index in [0.29, 0.717) is 11.4 Å². The highest BCUT2D eigenvalue weighted by molar-refractivity contribution is 6.30. The first-order valence-corrected chi connectivity index (χ1v) is 5.98. The maximum atomic E-state index is 9.09. The van der Waals surface area contributed by atoms with Gasteiger partial charge in [-0.2, -0.15) is 0 Å². The van der Waals surface area contributed by atoms with Crippen LogP contribution in [0.15, 0.2) is 18.2 Å². The van der Waals surface area contributed by atoms with Crippen LogP contribution in [0.1, 0.15) is 20.3 Å². The predicted molar refractivity (Wildman–Crippen MR) is 72.2 cm³/mol. The Morgan fingerprint density at radius 3 is 2.59 bits per heavy atom. The predicted octanol–water partition coefficient (Wildman–Crippen LogP) is 2.95. The van der Waals surface area contributed by atoms with Crippen molar-refractivity contribution >= 4 is 17.3 Å². The summed E-state index contributed by atoms with van der Waals surface area (Å²) in [5.41, 5.74) is 0.769. The van der Waals surface area contributed by atoms with E-state index in [2.05, 4.69) is 18.7 Å². The van der Waals surface area contributed by atoms with Gasteiger partial charge in [-0.1, -0.05) is 11.6 Å². The summed E-state index contributed by atoms with van der Waals surface area (Å²) in [7, 11) is 3.61. The molecule has 0 aliphatic carbocycles. The molecule has 0 saturated carbocycles. The fourth-order valence-electron chi connectivity index (χ4n) is 1.69. The van der Waals surface area contributed by atoms with Crippen LogP contribution in [0.5, 0.6) is 5.75 Å². The van der Waals surface area contributed by atoms with E-state index >= 15 is 0 Å². The van der Waals surface area contributed by atoms with Gasteiger partial charge in [0.2, 0.25) is 0 Å². The van der Waals surface area contributed by atoms with Gasteiger partial charge < -0.3 is 14.7 Å². The first-order valence-electron chi connectivity index (χ1n) is 5.60. The van der Waals surface area contributed by atoms with Crippen molar-refractivity contribution < 1.29 is 9.84 Å². The van der Waals surface area contributed by atoms with Gasteiger partial charge in [0.25, 0.3) is 0 Å². The van der Waals surface area contributed by atoms with Crippen LogP contribution in [0, 0.1) is 0 Å². The Labute approximate surface area is 108 Å². The highest BCUT2D eigenvalue weighted by Crippen LogP contribution is 2.35. The number of halogens is 1. The Balaban J connectivity index is 3.09. The number of aliphatic hydroxyl groups excluding tert-OH is 1. The average molecular weight is 258 g/mol. The number of benzene rings is 1. The maximum absolute atomic E-state index is 9.09. The van der Waals surface area contributed by atoms with Crippen molar-refractivity contribution in [2.75, 3.05) is 25.7 Å². The first-order chi connectivity index (χ1) is 7.92. The third kappa shape index (κ3) is 3.27. The van der Waals surface area contributed by atoms with Crippen molar-refractivity contribution in [3.63, 3.8) is 0 Å². The number of aliphatic hydroxyl groups is 1. The molecule has 0 aliphatic heterocycles. The van der Waals surface area contributed by atoms with Crippen LogP contribution in [-0.2, 0) is 0 Å². The largest absolute Gasteiger partial charge is 0.495 e. The normalized spacial score (nSPS) is 11.4. The number of hydrogen-bond acceptors (Lipinski definition) is 3. The zero-order valence-electron chi connectivity index (χ0n) is 10.8. The summed E-state index contributed by atoms with van der Waals surface area (Å²) in [5, 5.41) is 9.77. The smallest absolute Gasteiger partial charge is 0.142 e. The van der Waals surface area contributed by atoms with Crippen molar-refractivity contribution in [1.29, 1.82) is 0 Å². The summed E-state index contributed by atoms with van der Waals surface area (Å²) >= 11 is 6.01. The zero-order chi connectivity index (χ0) is 13.1. The van der Waals surface area contributed by atoms with Gasteiger partial charge in [-0.25, -0.2) is 0 Å². The van der Waals surface area contributed by atoms with Crippen LogP contribution in [-0.4, -0.2) is 31.4 Å². The standard InChI is InChI=1S/C13H20ClNO2/c1-13(2,7-8-16)15(3)11-9-10(14)5-6-12(11)17-4/h5-6,9,16H,7-8H2,1-4H3. The van der Waals surface area contributed by atoms with Gasteiger partial charge in [-0.05, 0) is 38.5 Å². The van der Waals surface area contributed by atoms with Crippen LogP contribution in [0.3, 0.4) is 0 Å². The minimum absolute atomic E-state index is 0.153. The first kappa shape index (κ1) is 14.1. The topological polar surface area (TPSA) is 32.7 Å². The van der Waals surface area contributed by atoms with Crippen molar-refractivity contribution in [2.24, 2.45) is 0 Å². The Hall–Kier alpha value is -0.930. The van der Waals surface area contributed by atoms with E-state index in [-0.39, 0.29) is 12.1 Å². The van der Waals surface area contributed by atoms with E-state index in [1.165, 1.54) is 0 Å². The highest BCUT2D eigenvalue weighted by Gasteiger charge is 2.25. The summed E-state index contributed by atoms with van der Waals surface area (Å²) in [6.45, 7) is 4.30. The van der Waals surface area contributed by atoms with Crippen molar-refractivity contribution in [3.8, 4) is 5.75 Å². The molecule has 0 amide bonds. The Morgan fingerprint density at radius 1 is 1.41 bits per heavy atom. The van der Waals surface area contributed by atoms with E-state index in [4.69, 9.17) is 21.4 Å². The second-order valence-corrected chi connectivity index (χ2v) is 5.10. The molecule has 1 N–H and O–H groups in total. The molecule has 1 aromatic rings. The number of nitrogens with zero attached hydrogens (tertiary/aromatic N) is 1. The molecule has 96 valence electrons. The van der Waals surface area contributed by atoms with E-state index in [1.807, 2.05) is 19.2 Å². The molecule has 0 spiro atoms. The minimum Gasteiger partial charge on any atom is -0.495 e. The molecule has 0 aliphatic rings. The molecule has 17 heavy (non-hydrogen) atoms. The lowest BCUT2D eigenvalue weighted by atomic mass is 9.98. The molecule has 0 saturated heterocycles. The Bertz CT molecular complexity index is 380. The second kappa shape index (κ2) is 5.61. The van der Waals surface area contributed by atoms with Crippen LogP contribution in [0.2, 0.25) is 5.02 Å². The molecule has 0 radical (unpaired) electrons. The quantitative estimate of drug-likeness (QED) is 0.880. The SMILES string of the molecule is COc1ccc(Cl)cc1N(C)C(C)(C)CCO. The molecule has 0 bridgehead atoms. The summed E-state index contributed by atoms with van der Waals surface area (Å²) in [6.07, 6.45) is 0.680. The van der Waals surface area contributed by atoms with E-state index in [0.717, 1.165) is 11.4 Å². The molecule has 0 unspecified atom stereocenters. The molecule has 4 heteroatoms. The number of anilines is 1. The lowest BCUT2D eigenvalue weighted by Gasteiger charge is -2.38. The molecule has 0 aromatic heterocycles. The number of ether oxygens (including phenoxy) is 1. The van der Waals surface area contributed by atoms with E-state index < -0.39 is 0 Å². The second-order valence-electron chi connectivity index (χ2n) is 4.66. The summed E-state index contributed by atoms with van der Waals surface area (Å²) in [6, 6.07) is 5.53. The molecule has 0 fully saturated rings. The fraction of sp³-hybridized carbons (Fsp3) is 0.538. The summed E-state index contributed by atoms with van der Waals surface area (Å²) in [5.74, 6) is 0.780. The fourth-order valence-corrected chi connectivity index (χ4v) is 1.86. The molecular weight excluding hydrogens is 238 g/mol. The van der Waals surface area contributed by atoms with Gasteiger partial charge in [0.1, 0.15) is 5.75 Å². The maximum Gasteiger partial charge on any atom is 0.142 e. The lowest BCUT2D eigenvalue weighted by Crippen LogP contribution is -2.42. The van der Waals surface area contributed by atoms with Crippen LogP contribution in [0.4, 0.5) is 5.69 Å². The third-order valence-corrected chi connectivity index (χ3v) is 3.37. The highest BCUT2D eigenvalue weighted by atomic mass is 35.5. The summed E-state index contributed by atoms with van der Waals surface area (Å²) < 4.78 is 5.33. The van der Waals surface area contributed by atoms with Crippen molar-refractivity contribution in [2.45, 2.75) is 25.8 Å². The molecule has 0 atom stereocenters. The minimum atomic E-state index is -0.160. The number of methoxy groups -OCH3 is 1. The number of hydrogen-bond donors (Lipinski definition) is 1. The Kier molecular flexibility index (Phi) is 4.66.